The highest BCUT2D eigenvalue weighted by molar-refractivity contribution is 7.10. The summed E-state index contributed by atoms with van der Waals surface area (Å²) in [6.07, 6.45) is 7.77. The fraction of sp³-hybridized carbons (Fsp3) is 0.261. The normalized spacial score (nSPS) is 13.8. The lowest BCUT2D eigenvalue weighted by atomic mass is 10.1. The van der Waals surface area contributed by atoms with Gasteiger partial charge < -0.3 is 9.64 Å². The molecule has 3 aromatic heterocycles. The second-order valence-electron chi connectivity index (χ2n) is 7.48. The lowest BCUT2D eigenvalue weighted by Gasteiger charge is -2.27. The van der Waals surface area contributed by atoms with Crippen molar-refractivity contribution in [3.8, 4) is 11.4 Å². The fourth-order valence-electron chi connectivity index (χ4n) is 3.54. The highest BCUT2D eigenvalue weighted by Crippen LogP contribution is 2.27. The number of hydrogen-bond acceptors (Lipinski definition) is 8. The largest absolute Gasteiger partial charge is 0.487 e. The molecular weight excluding hydrogens is 422 g/mol. The maximum atomic E-state index is 5.91. The van der Waals surface area contributed by atoms with Crippen LogP contribution in [0, 0.1) is 0 Å². The highest BCUT2D eigenvalue weighted by atomic mass is 32.1. The molecule has 0 aliphatic carbocycles. The Labute approximate surface area is 190 Å². The Bertz CT molecular complexity index is 1180. The summed E-state index contributed by atoms with van der Waals surface area (Å²) in [4.78, 5) is 11.7. The van der Waals surface area contributed by atoms with Gasteiger partial charge in [-0.15, -0.1) is 16.4 Å². The standard InChI is InChI=1S/C23H23N7OS/c1-2-17-3-8-22(24-13-17)29-11-9-18(10-12-29)23-26-19(15-32-23)14-31-21-6-4-20(5-7-21)30-16-25-27-28-30/h3-9,13,15-16H,2,10-12,14H2,1H3. The molecule has 0 atom stereocenters. The van der Waals surface area contributed by atoms with Gasteiger partial charge in [-0.1, -0.05) is 19.1 Å². The highest BCUT2D eigenvalue weighted by Gasteiger charge is 2.16. The maximum absolute atomic E-state index is 5.91. The van der Waals surface area contributed by atoms with E-state index in [4.69, 9.17) is 9.72 Å². The van der Waals surface area contributed by atoms with Crippen LogP contribution in [0.5, 0.6) is 5.75 Å². The van der Waals surface area contributed by atoms with Crippen LogP contribution in [0.1, 0.15) is 29.6 Å². The number of anilines is 1. The summed E-state index contributed by atoms with van der Waals surface area (Å²) < 4.78 is 7.51. The van der Waals surface area contributed by atoms with Crippen LogP contribution in [-0.4, -0.2) is 43.3 Å². The topological polar surface area (TPSA) is 81.9 Å². The lowest BCUT2D eigenvalue weighted by Crippen LogP contribution is -2.28. The number of ether oxygens (including phenoxy) is 1. The zero-order chi connectivity index (χ0) is 21.8. The monoisotopic (exact) mass is 445 g/mol. The SMILES string of the molecule is CCc1ccc(N2CC=C(c3nc(COc4ccc(-n5cnnn5)cc4)cs3)CC2)nc1. The first-order valence-corrected chi connectivity index (χ1v) is 11.5. The molecule has 32 heavy (non-hydrogen) atoms. The van der Waals surface area contributed by atoms with Gasteiger partial charge in [0.15, 0.2) is 0 Å². The molecule has 0 amide bonds. The summed E-state index contributed by atoms with van der Waals surface area (Å²) in [6, 6.07) is 11.9. The van der Waals surface area contributed by atoms with Crippen molar-refractivity contribution in [3.05, 3.63) is 76.6 Å². The number of hydrogen-bond donors (Lipinski definition) is 0. The van der Waals surface area contributed by atoms with E-state index in [1.54, 1.807) is 22.3 Å². The molecule has 4 heterocycles. The molecule has 4 aromatic rings. The van der Waals surface area contributed by atoms with E-state index in [1.807, 2.05) is 30.5 Å². The Kier molecular flexibility index (Phi) is 5.89. The van der Waals surface area contributed by atoms with Gasteiger partial charge in [0, 0.05) is 24.7 Å². The third kappa shape index (κ3) is 4.52. The van der Waals surface area contributed by atoms with Crippen molar-refractivity contribution in [1.29, 1.82) is 0 Å². The Morgan fingerprint density at radius 2 is 2.03 bits per heavy atom. The molecule has 0 N–H and O–H groups in total. The van der Waals surface area contributed by atoms with Crippen molar-refractivity contribution >= 4 is 22.7 Å². The van der Waals surface area contributed by atoms with Crippen molar-refractivity contribution < 1.29 is 4.74 Å². The maximum Gasteiger partial charge on any atom is 0.143 e. The van der Waals surface area contributed by atoms with Crippen molar-refractivity contribution in [2.75, 3.05) is 18.0 Å². The van der Waals surface area contributed by atoms with E-state index in [-0.39, 0.29) is 0 Å². The van der Waals surface area contributed by atoms with E-state index in [1.165, 1.54) is 11.1 Å². The molecule has 1 aliphatic heterocycles. The van der Waals surface area contributed by atoms with Crippen LogP contribution < -0.4 is 9.64 Å². The molecule has 0 spiro atoms. The first-order valence-electron chi connectivity index (χ1n) is 10.6. The number of tetrazole rings is 1. The molecule has 162 valence electrons. The smallest absolute Gasteiger partial charge is 0.143 e. The van der Waals surface area contributed by atoms with Crippen LogP contribution >= 0.6 is 11.3 Å². The summed E-state index contributed by atoms with van der Waals surface area (Å²) in [6.45, 7) is 4.39. The van der Waals surface area contributed by atoms with Crippen molar-refractivity contribution in [2.45, 2.75) is 26.4 Å². The van der Waals surface area contributed by atoms with E-state index >= 15 is 0 Å². The third-order valence-corrected chi connectivity index (χ3v) is 6.38. The first kappa shape index (κ1) is 20.3. The Morgan fingerprint density at radius 3 is 2.72 bits per heavy atom. The molecule has 9 heteroatoms. The number of aryl methyl sites for hydroxylation is 1. The summed E-state index contributed by atoms with van der Waals surface area (Å²) in [7, 11) is 0. The minimum atomic E-state index is 0.438. The van der Waals surface area contributed by atoms with Gasteiger partial charge in [-0.25, -0.2) is 14.6 Å². The summed E-state index contributed by atoms with van der Waals surface area (Å²) >= 11 is 1.67. The Hall–Kier alpha value is -3.59. The van der Waals surface area contributed by atoms with E-state index in [0.29, 0.717) is 6.61 Å². The molecule has 8 nitrogen and oxygen atoms in total. The van der Waals surface area contributed by atoms with Gasteiger partial charge >= 0.3 is 0 Å². The van der Waals surface area contributed by atoms with Gasteiger partial charge in [0.1, 0.15) is 29.5 Å². The molecule has 0 radical (unpaired) electrons. The van der Waals surface area contributed by atoms with Crippen LogP contribution in [0.4, 0.5) is 5.82 Å². The second kappa shape index (κ2) is 9.27. The van der Waals surface area contributed by atoms with Gasteiger partial charge in [0.2, 0.25) is 0 Å². The van der Waals surface area contributed by atoms with Gasteiger partial charge in [0.25, 0.3) is 0 Å². The van der Waals surface area contributed by atoms with Gasteiger partial charge in [0.05, 0.1) is 11.4 Å². The number of nitrogens with zero attached hydrogens (tertiary/aromatic N) is 7. The van der Waals surface area contributed by atoms with Crippen LogP contribution in [0.25, 0.3) is 11.3 Å². The molecule has 0 unspecified atom stereocenters. The zero-order valence-electron chi connectivity index (χ0n) is 17.8. The van der Waals surface area contributed by atoms with Gasteiger partial charge in [-0.2, -0.15) is 0 Å². The molecule has 0 saturated heterocycles. The minimum Gasteiger partial charge on any atom is -0.487 e. The lowest BCUT2D eigenvalue weighted by molar-refractivity contribution is 0.302. The third-order valence-electron chi connectivity index (χ3n) is 5.41. The average molecular weight is 446 g/mol. The van der Waals surface area contributed by atoms with E-state index in [9.17, 15) is 0 Å². The summed E-state index contributed by atoms with van der Waals surface area (Å²) in [5.74, 6) is 1.82. The van der Waals surface area contributed by atoms with E-state index in [0.717, 1.165) is 53.9 Å². The summed E-state index contributed by atoms with van der Waals surface area (Å²) in [5, 5.41) is 14.3. The Balaban J connectivity index is 1.17. The number of rotatable bonds is 7. The molecule has 0 bridgehead atoms. The zero-order valence-corrected chi connectivity index (χ0v) is 18.6. The predicted octanol–water partition coefficient (Wildman–Crippen LogP) is 3.95. The van der Waals surface area contributed by atoms with Crippen LogP contribution in [-0.2, 0) is 13.0 Å². The first-order chi connectivity index (χ1) is 15.8. The molecule has 0 fully saturated rings. The van der Waals surface area contributed by atoms with Crippen molar-refractivity contribution in [1.82, 2.24) is 30.2 Å². The molecule has 5 rings (SSSR count). The van der Waals surface area contributed by atoms with Crippen LogP contribution in [0.2, 0.25) is 0 Å². The van der Waals surface area contributed by atoms with Crippen LogP contribution in [0.15, 0.2) is 60.4 Å². The number of aromatic nitrogens is 6. The molecule has 0 saturated carbocycles. The Morgan fingerprint density at radius 1 is 1.12 bits per heavy atom. The van der Waals surface area contributed by atoms with Gasteiger partial charge in [-0.3, -0.25) is 0 Å². The quantitative estimate of drug-likeness (QED) is 0.426. The predicted molar refractivity (Wildman–Crippen MR) is 124 cm³/mol. The fourth-order valence-corrected chi connectivity index (χ4v) is 4.41. The average Bonchev–Trinajstić information content (AvgIpc) is 3.56. The van der Waals surface area contributed by atoms with E-state index < -0.39 is 0 Å². The van der Waals surface area contributed by atoms with Crippen molar-refractivity contribution in [2.24, 2.45) is 0 Å². The second-order valence-corrected chi connectivity index (χ2v) is 8.34. The minimum absolute atomic E-state index is 0.438. The number of pyridine rings is 1. The van der Waals surface area contributed by atoms with Crippen molar-refractivity contribution in [3.63, 3.8) is 0 Å². The number of benzene rings is 1. The molecular formula is C23H23N7OS. The van der Waals surface area contributed by atoms with E-state index in [2.05, 4.69) is 55.9 Å². The van der Waals surface area contributed by atoms with Crippen LogP contribution in [0.3, 0.4) is 0 Å². The molecule has 1 aliphatic rings. The summed E-state index contributed by atoms with van der Waals surface area (Å²) in [5.41, 5.74) is 4.39. The van der Waals surface area contributed by atoms with Gasteiger partial charge in [-0.05, 0) is 64.7 Å². The molecule has 1 aromatic carbocycles. The number of thiazole rings is 1.